The molecule has 7 heteroatoms. The summed E-state index contributed by atoms with van der Waals surface area (Å²) in [6.45, 7) is 5.54. The van der Waals surface area contributed by atoms with E-state index in [1.54, 1.807) is 17.0 Å². The van der Waals surface area contributed by atoms with Gasteiger partial charge in [0.1, 0.15) is 17.2 Å². The number of benzene rings is 1. The topological polar surface area (TPSA) is 68.2 Å². The molecule has 28 heavy (non-hydrogen) atoms. The number of carbonyl (C=O) groups excluding carboxylic acids is 1. The summed E-state index contributed by atoms with van der Waals surface area (Å²) in [6.07, 6.45) is 2.75. The van der Waals surface area contributed by atoms with Crippen LogP contribution >= 0.6 is 0 Å². The second-order valence-electron chi connectivity index (χ2n) is 8.76. The van der Waals surface area contributed by atoms with Crippen LogP contribution < -0.4 is 4.74 Å². The van der Waals surface area contributed by atoms with E-state index in [-0.39, 0.29) is 43.4 Å². The molecule has 2 heterocycles. The second-order valence-corrected chi connectivity index (χ2v) is 8.76. The molecule has 0 aliphatic carbocycles. The molecule has 0 saturated carbocycles. The van der Waals surface area contributed by atoms with Crippen molar-refractivity contribution in [1.82, 2.24) is 4.90 Å². The summed E-state index contributed by atoms with van der Waals surface area (Å²) in [5.41, 5.74) is -1.65. The molecule has 1 aromatic rings. The van der Waals surface area contributed by atoms with Crippen molar-refractivity contribution in [2.24, 2.45) is 0 Å². The lowest BCUT2D eigenvalue weighted by Crippen LogP contribution is -2.59. The standard InChI is InChI=1S/C21H30FNO5/c1-20(2,3)28-19(24)23-14-6-5-7-15(23)12-21(25,11-14)17-9-8-16(10-18(17)22)27-13-26-4/h8-10,14-15,25H,5-7,11-13H2,1-4H3. The minimum Gasteiger partial charge on any atom is -0.467 e. The smallest absolute Gasteiger partial charge is 0.410 e. The van der Waals surface area contributed by atoms with Crippen LogP contribution in [0.4, 0.5) is 9.18 Å². The van der Waals surface area contributed by atoms with Gasteiger partial charge in [-0.05, 0) is 52.2 Å². The molecular formula is C21H30FNO5. The summed E-state index contributed by atoms with van der Waals surface area (Å²) in [5.74, 6) is -0.169. The molecule has 1 aromatic carbocycles. The third kappa shape index (κ3) is 4.41. The summed E-state index contributed by atoms with van der Waals surface area (Å²) in [4.78, 5) is 14.5. The van der Waals surface area contributed by atoms with Crippen LogP contribution in [0.15, 0.2) is 18.2 Å². The highest BCUT2D eigenvalue weighted by Gasteiger charge is 2.49. The lowest BCUT2D eigenvalue weighted by molar-refractivity contribution is -0.0978. The molecule has 156 valence electrons. The average molecular weight is 395 g/mol. The number of hydrogen-bond acceptors (Lipinski definition) is 5. The van der Waals surface area contributed by atoms with Crippen molar-refractivity contribution in [3.05, 3.63) is 29.6 Å². The lowest BCUT2D eigenvalue weighted by Gasteiger charge is -2.51. The van der Waals surface area contributed by atoms with Gasteiger partial charge >= 0.3 is 6.09 Å². The molecule has 2 saturated heterocycles. The van der Waals surface area contributed by atoms with Crippen LogP contribution in [0, 0.1) is 5.82 Å². The van der Waals surface area contributed by atoms with Crippen LogP contribution in [0.25, 0.3) is 0 Å². The summed E-state index contributed by atoms with van der Waals surface area (Å²) in [6, 6.07) is 4.12. The summed E-state index contributed by atoms with van der Waals surface area (Å²) in [7, 11) is 1.49. The van der Waals surface area contributed by atoms with Crippen LogP contribution in [0.5, 0.6) is 5.75 Å². The van der Waals surface area contributed by atoms with Gasteiger partial charge in [-0.2, -0.15) is 0 Å². The number of nitrogens with zero attached hydrogens (tertiary/aromatic N) is 1. The van der Waals surface area contributed by atoms with E-state index in [0.29, 0.717) is 5.75 Å². The zero-order valence-corrected chi connectivity index (χ0v) is 17.0. The van der Waals surface area contributed by atoms with Gasteiger partial charge < -0.3 is 24.2 Å². The monoisotopic (exact) mass is 395 g/mol. The van der Waals surface area contributed by atoms with Gasteiger partial charge in [0, 0.05) is 43.7 Å². The summed E-state index contributed by atoms with van der Waals surface area (Å²) < 4.78 is 30.4. The molecule has 0 spiro atoms. The summed E-state index contributed by atoms with van der Waals surface area (Å²) >= 11 is 0. The number of halogens is 1. The van der Waals surface area contributed by atoms with Gasteiger partial charge in [-0.15, -0.1) is 0 Å². The Bertz CT molecular complexity index is 703. The first-order chi connectivity index (χ1) is 13.1. The first-order valence-corrected chi connectivity index (χ1v) is 9.78. The highest BCUT2D eigenvalue weighted by molar-refractivity contribution is 5.69. The molecular weight excluding hydrogens is 365 g/mol. The van der Waals surface area contributed by atoms with Crippen molar-refractivity contribution in [2.45, 2.75) is 76.2 Å². The van der Waals surface area contributed by atoms with E-state index < -0.39 is 17.0 Å². The Balaban J connectivity index is 1.81. The molecule has 6 nitrogen and oxygen atoms in total. The second kappa shape index (κ2) is 7.87. The van der Waals surface area contributed by atoms with E-state index in [2.05, 4.69) is 0 Å². The Labute approximate surface area is 165 Å². The van der Waals surface area contributed by atoms with Gasteiger partial charge in [0.05, 0.1) is 5.60 Å². The molecule has 2 aliphatic rings. The van der Waals surface area contributed by atoms with E-state index in [1.165, 1.54) is 13.2 Å². The van der Waals surface area contributed by atoms with E-state index in [0.717, 1.165) is 19.3 Å². The Kier molecular flexibility index (Phi) is 5.87. The maximum absolute atomic E-state index is 14.8. The number of ether oxygens (including phenoxy) is 3. The first kappa shape index (κ1) is 20.9. The number of piperidine rings is 2. The van der Waals surface area contributed by atoms with E-state index in [1.807, 2.05) is 20.8 Å². The molecule has 1 N–H and O–H groups in total. The quantitative estimate of drug-likeness (QED) is 0.782. The van der Waals surface area contributed by atoms with Gasteiger partial charge in [0.2, 0.25) is 0 Å². The van der Waals surface area contributed by atoms with E-state index in [9.17, 15) is 14.3 Å². The molecule has 2 aliphatic heterocycles. The van der Waals surface area contributed by atoms with Gasteiger partial charge in [-0.1, -0.05) is 0 Å². The Morgan fingerprint density at radius 3 is 2.46 bits per heavy atom. The van der Waals surface area contributed by atoms with Gasteiger partial charge in [0.25, 0.3) is 0 Å². The summed E-state index contributed by atoms with van der Waals surface area (Å²) in [5, 5.41) is 11.3. The number of aliphatic hydroxyl groups is 1. The van der Waals surface area contributed by atoms with Crippen LogP contribution in [0.1, 0.15) is 58.4 Å². The lowest BCUT2D eigenvalue weighted by atomic mass is 9.72. The molecule has 2 atom stereocenters. The maximum atomic E-state index is 14.8. The number of rotatable bonds is 4. The van der Waals surface area contributed by atoms with Crippen LogP contribution in [-0.2, 0) is 15.1 Å². The van der Waals surface area contributed by atoms with E-state index in [4.69, 9.17) is 14.2 Å². The minimum atomic E-state index is -1.32. The Morgan fingerprint density at radius 1 is 1.29 bits per heavy atom. The zero-order chi connectivity index (χ0) is 20.5. The number of amides is 1. The highest BCUT2D eigenvalue weighted by Crippen LogP contribution is 2.45. The van der Waals surface area contributed by atoms with Crippen LogP contribution in [0.2, 0.25) is 0 Å². The first-order valence-electron chi connectivity index (χ1n) is 9.78. The van der Waals surface area contributed by atoms with Crippen molar-refractivity contribution in [2.75, 3.05) is 13.9 Å². The predicted octanol–water partition coefficient (Wildman–Crippen LogP) is 3.95. The SMILES string of the molecule is COCOc1ccc(C2(O)CC3CCCC(C2)N3C(=O)OC(C)(C)C)c(F)c1. The van der Waals surface area contributed by atoms with Gasteiger partial charge in [0.15, 0.2) is 6.79 Å². The van der Waals surface area contributed by atoms with Crippen LogP contribution in [-0.4, -0.2) is 47.7 Å². The molecule has 3 rings (SSSR count). The normalized spacial score (nSPS) is 27.4. The fourth-order valence-corrected chi connectivity index (χ4v) is 4.35. The molecule has 1 amide bonds. The van der Waals surface area contributed by atoms with Crippen molar-refractivity contribution < 1.29 is 28.5 Å². The van der Waals surface area contributed by atoms with Crippen molar-refractivity contribution >= 4 is 6.09 Å². The van der Waals surface area contributed by atoms with E-state index >= 15 is 0 Å². The highest BCUT2D eigenvalue weighted by atomic mass is 19.1. The predicted molar refractivity (Wildman–Crippen MR) is 102 cm³/mol. The number of hydrogen-bond donors (Lipinski definition) is 1. The zero-order valence-electron chi connectivity index (χ0n) is 17.0. The van der Waals surface area contributed by atoms with Crippen molar-refractivity contribution in [3.63, 3.8) is 0 Å². The maximum Gasteiger partial charge on any atom is 0.410 e. The largest absolute Gasteiger partial charge is 0.467 e. The number of methoxy groups -OCH3 is 1. The third-order valence-electron chi connectivity index (χ3n) is 5.40. The number of carbonyl (C=O) groups is 1. The fourth-order valence-electron chi connectivity index (χ4n) is 4.35. The average Bonchev–Trinajstić information content (AvgIpc) is 2.57. The van der Waals surface area contributed by atoms with Crippen LogP contribution in [0.3, 0.4) is 0 Å². The Morgan fingerprint density at radius 2 is 1.93 bits per heavy atom. The molecule has 2 bridgehead atoms. The third-order valence-corrected chi connectivity index (χ3v) is 5.40. The molecule has 2 fully saturated rings. The van der Waals surface area contributed by atoms with Gasteiger partial charge in [-0.25, -0.2) is 9.18 Å². The minimum absolute atomic E-state index is 0.0258. The van der Waals surface area contributed by atoms with Gasteiger partial charge in [-0.3, -0.25) is 0 Å². The molecule has 0 radical (unpaired) electrons. The fraction of sp³-hybridized carbons (Fsp3) is 0.667. The molecule has 0 aromatic heterocycles. The Hall–Kier alpha value is -1.86. The van der Waals surface area contributed by atoms with Crippen molar-refractivity contribution in [3.8, 4) is 5.75 Å². The number of fused-ring (bicyclic) bond motifs is 2. The molecule has 2 unspecified atom stereocenters. The van der Waals surface area contributed by atoms with Crippen molar-refractivity contribution in [1.29, 1.82) is 0 Å².